The van der Waals surface area contributed by atoms with Crippen molar-refractivity contribution in [3.8, 4) is 0 Å². The summed E-state index contributed by atoms with van der Waals surface area (Å²) in [5, 5.41) is 3.60. The van der Waals surface area contributed by atoms with Gasteiger partial charge in [-0.15, -0.1) is 0 Å². The first kappa shape index (κ1) is 12.0. The number of aryl methyl sites for hydroxylation is 1. The van der Waals surface area contributed by atoms with Crippen molar-refractivity contribution >= 4 is 11.0 Å². The standard InChI is InChI=1S/C13H15F2NO/c1-3-16-11(13(14)15)10-7-9-6-4-5-8(2)12(9)17-10/h4-7,11,13,16H,3H2,1-2H3. The van der Waals surface area contributed by atoms with Gasteiger partial charge in [-0.05, 0) is 25.1 Å². The number of alkyl halides is 2. The van der Waals surface area contributed by atoms with Gasteiger partial charge in [0.2, 0.25) is 0 Å². The Morgan fingerprint density at radius 1 is 1.35 bits per heavy atom. The normalized spacial score (nSPS) is 13.5. The van der Waals surface area contributed by atoms with Crippen LogP contribution in [0.1, 0.15) is 24.3 Å². The summed E-state index contributed by atoms with van der Waals surface area (Å²) in [5.74, 6) is 0.297. The van der Waals surface area contributed by atoms with Gasteiger partial charge in [-0.25, -0.2) is 8.78 Å². The summed E-state index contributed by atoms with van der Waals surface area (Å²) in [4.78, 5) is 0. The lowest BCUT2D eigenvalue weighted by Gasteiger charge is -2.13. The molecule has 1 N–H and O–H groups in total. The molecule has 0 fully saturated rings. The van der Waals surface area contributed by atoms with Crippen LogP contribution in [0.3, 0.4) is 0 Å². The zero-order valence-electron chi connectivity index (χ0n) is 9.84. The zero-order chi connectivity index (χ0) is 12.4. The van der Waals surface area contributed by atoms with Crippen molar-refractivity contribution in [1.82, 2.24) is 5.32 Å². The summed E-state index contributed by atoms with van der Waals surface area (Å²) in [5.41, 5.74) is 1.64. The van der Waals surface area contributed by atoms with Crippen LogP contribution in [-0.2, 0) is 0 Å². The van der Waals surface area contributed by atoms with Crippen molar-refractivity contribution < 1.29 is 13.2 Å². The molecule has 4 heteroatoms. The Labute approximate surface area is 98.6 Å². The molecule has 0 aliphatic heterocycles. The van der Waals surface area contributed by atoms with Crippen molar-refractivity contribution in [2.45, 2.75) is 26.3 Å². The summed E-state index contributed by atoms with van der Waals surface area (Å²) in [6.45, 7) is 4.18. The largest absolute Gasteiger partial charge is 0.459 e. The quantitative estimate of drug-likeness (QED) is 0.880. The van der Waals surface area contributed by atoms with E-state index in [-0.39, 0.29) is 0 Å². The number of furan rings is 1. The molecule has 0 spiro atoms. The molecule has 0 aliphatic rings. The Bertz CT molecular complexity index is 507. The maximum absolute atomic E-state index is 12.9. The second-order valence-electron chi connectivity index (χ2n) is 4.01. The molecular weight excluding hydrogens is 224 g/mol. The molecule has 0 radical (unpaired) electrons. The van der Waals surface area contributed by atoms with Crippen LogP contribution in [0.5, 0.6) is 0 Å². The lowest BCUT2D eigenvalue weighted by atomic mass is 10.1. The van der Waals surface area contributed by atoms with Gasteiger partial charge in [-0.3, -0.25) is 0 Å². The first-order chi connectivity index (χ1) is 8.13. The van der Waals surface area contributed by atoms with Crippen LogP contribution in [0.4, 0.5) is 8.78 Å². The van der Waals surface area contributed by atoms with Crippen LogP contribution in [0.25, 0.3) is 11.0 Å². The molecule has 2 aromatic rings. The minimum absolute atomic E-state index is 0.297. The Morgan fingerprint density at radius 2 is 2.12 bits per heavy atom. The number of rotatable bonds is 4. The molecule has 0 bridgehead atoms. The highest BCUT2D eigenvalue weighted by molar-refractivity contribution is 5.81. The smallest absolute Gasteiger partial charge is 0.260 e. The fourth-order valence-corrected chi connectivity index (χ4v) is 1.92. The summed E-state index contributed by atoms with van der Waals surface area (Å²) < 4.78 is 31.3. The van der Waals surface area contributed by atoms with E-state index in [1.54, 1.807) is 13.0 Å². The average molecular weight is 239 g/mol. The van der Waals surface area contributed by atoms with E-state index in [1.807, 2.05) is 25.1 Å². The van der Waals surface area contributed by atoms with Crippen molar-refractivity contribution in [2.24, 2.45) is 0 Å². The van der Waals surface area contributed by atoms with Gasteiger partial charge in [0.1, 0.15) is 17.4 Å². The molecule has 92 valence electrons. The summed E-state index contributed by atoms with van der Waals surface area (Å²) in [6.07, 6.45) is -2.48. The van der Waals surface area contributed by atoms with Crippen LogP contribution >= 0.6 is 0 Å². The number of hydrogen-bond acceptors (Lipinski definition) is 2. The third-order valence-electron chi connectivity index (χ3n) is 2.74. The first-order valence-corrected chi connectivity index (χ1v) is 5.64. The minimum Gasteiger partial charge on any atom is -0.459 e. The number of para-hydroxylation sites is 1. The van der Waals surface area contributed by atoms with Crippen LogP contribution in [-0.4, -0.2) is 13.0 Å². The van der Waals surface area contributed by atoms with E-state index in [0.717, 1.165) is 10.9 Å². The summed E-state index contributed by atoms with van der Waals surface area (Å²) in [6, 6.07) is 6.31. The highest BCUT2D eigenvalue weighted by Gasteiger charge is 2.25. The van der Waals surface area contributed by atoms with Crippen LogP contribution in [0.15, 0.2) is 28.7 Å². The van der Waals surface area contributed by atoms with Crippen LogP contribution in [0, 0.1) is 6.92 Å². The third kappa shape index (κ3) is 2.31. The van der Waals surface area contributed by atoms with E-state index in [2.05, 4.69) is 5.32 Å². The highest BCUT2D eigenvalue weighted by Crippen LogP contribution is 2.29. The number of benzene rings is 1. The van der Waals surface area contributed by atoms with Crippen molar-refractivity contribution in [3.63, 3.8) is 0 Å². The molecule has 1 atom stereocenters. The molecule has 2 nitrogen and oxygen atoms in total. The Morgan fingerprint density at radius 3 is 2.71 bits per heavy atom. The fraction of sp³-hybridized carbons (Fsp3) is 0.385. The highest BCUT2D eigenvalue weighted by atomic mass is 19.3. The second-order valence-corrected chi connectivity index (χ2v) is 4.01. The maximum Gasteiger partial charge on any atom is 0.260 e. The van der Waals surface area contributed by atoms with Gasteiger partial charge in [0.25, 0.3) is 6.43 Å². The van der Waals surface area contributed by atoms with Gasteiger partial charge in [0.15, 0.2) is 0 Å². The van der Waals surface area contributed by atoms with Gasteiger partial charge in [0, 0.05) is 5.39 Å². The molecule has 0 amide bonds. The van der Waals surface area contributed by atoms with Crippen molar-refractivity contribution in [3.05, 3.63) is 35.6 Å². The zero-order valence-corrected chi connectivity index (χ0v) is 9.84. The van der Waals surface area contributed by atoms with Crippen LogP contribution < -0.4 is 5.32 Å². The molecule has 0 saturated carbocycles. The van der Waals surface area contributed by atoms with E-state index in [0.29, 0.717) is 17.9 Å². The summed E-state index contributed by atoms with van der Waals surface area (Å²) >= 11 is 0. The Hall–Kier alpha value is -1.42. The van der Waals surface area contributed by atoms with Crippen molar-refractivity contribution in [2.75, 3.05) is 6.54 Å². The number of nitrogens with one attached hydrogen (secondary N) is 1. The van der Waals surface area contributed by atoms with Gasteiger partial charge in [0.05, 0.1) is 0 Å². The molecule has 1 aromatic carbocycles. The lowest BCUT2D eigenvalue weighted by Crippen LogP contribution is -2.26. The molecule has 1 aromatic heterocycles. The van der Waals surface area contributed by atoms with E-state index in [1.165, 1.54) is 0 Å². The van der Waals surface area contributed by atoms with E-state index in [9.17, 15) is 8.78 Å². The van der Waals surface area contributed by atoms with Crippen LogP contribution in [0.2, 0.25) is 0 Å². The Balaban J connectivity index is 2.44. The van der Waals surface area contributed by atoms with Gasteiger partial charge in [-0.1, -0.05) is 25.1 Å². The van der Waals surface area contributed by atoms with Gasteiger partial charge in [-0.2, -0.15) is 0 Å². The number of hydrogen-bond donors (Lipinski definition) is 1. The maximum atomic E-state index is 12.9. The lowest BCUT2D eigenvalue weighted by molar-refractivity contribution is 0.0897. The molecule has 1 heterocycles. The molecule has 0 saturated heterocycles. The second kappa shape index (κ2) is 4.84. The minimum atomic E-state index is -2.48. The predicted molar refractivity (Wildman–Crippen MR) is 63.4 cm³/mol. The van der Waals surface area contributed by atoms with Gasteiger partial charge < -0.3 is 9.73 Å². The molecule has 1 unspecified atom stereocenters. The number of halogens is 2. The van der Waals surface area contributed by atoms with E-state index < -0.39 is 12.5 Å². The molecule has 2 rings (SSSR count). The van der Waals surface area contributed by atoms with Gasteiger partial charge >= 0.3 is 0 Å². The topological polar surface area (TPSA) is 25.2 Å². The third-order valence-corrected chi connectivity index (χ3v) is 2.74. The molecular formula is C13H15F2NO. The molecule has 0 aliphatic carbocycles. The summed E-state index contributed by atoms with van der Waals surface area (Å²) in [7, 11) is 0. The van der Waals surface area contributed by atoms with Crippen molar-refractivity contribution in [1.29, 1.82) is 0 Å². The molecule has 17 heavy (non-hydrogen) atoms. The number of fused-ring (bicyclic) bond motifs is 1. The SMILES string of the molecule is CCNC(c1cc2cccc(C)c2o1)C(F)F. The predicted octanol–water partition coefficient (Wildman–Crippen LogP) is 3.66. The first-order valence-electron chi connectivity index (χ1n) is 5.64. The monoisotopic (exact) mass is 239 g/mol. The van der Waals surface area contributed by atoms with E-state index >= 15 is 0 Å². The fourth-order valence-electron chi connectivity index (χ4n) is 1.92. The Kier molecular flexibility index (Phi) is 3.43. The average Bonchev–Trinajstić information content (AvgIpc) is 2.70. The van der Waals surface area contributed by atoms with E-state index in [4.69, 9.17) is 4.42 Å².